The number of benzene rings is 2. The zero-order valence-corrected chi connectivity index (χ0v) is 18.1. The second-order valence-electron chi connectivity index (χ2n) is 7.06. The zero-order valence-electron chi connectivity index (χ0n) is 16.6. The van der Waals surface area contributed by atoms with Crippen LogP contribution in [0, 0.1) is 0 Å². The fraction of sp³-hybridized carbons (Fsp3) is 0.316. The molecule has 158 valence electrons. The molecular weight excluding hydrogens is 418 g/mol. The number of methoxy groups -OCH3 is 1. The van der Waals surface area contributed by atoms with E-state index in [0.29, 0.717) is 11.3 Å². The van der Waals surface area contributed by atoms with Crippen LogP contribution in [0.1, 0.15) is 26.3 Å². The van der Waals surface area contributed by atoms with Crippen molar-refractivity contribution in [3.8, 4) is 5.75 Å². The third kappa shape index (κ3) is 5.99. The molecule has 0 aliphatic carbocycles. The predicted molar refractivity (Wildman–Crippen MR) is 113 cm³/mol. The topological polar surface area (TPSA) is 120 Å². The second kappa shape index (κ2) is 8.89. The normalized spacial score (nSPS) is 11.7. The maximum Gasteiger partial charge on any atom is 0.412 e. The molecule has 0 aliphatic heterocycles. The molecule has 0 saturated heterocycles. The van der Waals surface area contributed by atoms with Crippen LogP contribution in [0.3, 0.4) is 0 Å². The monoisotopic (exact) mass is 441 g/mol. The molecule has 0 saturated carbocycles. The van der Waals surface area contributed by atoms with Crippen LogP contribution in [-0.2, 0) is 21.3 Å². The van der Waals surface area contributed by atoms with E-state index in [1.54, 1.807) is 32.9 Å². The summed E-state index contributed by atoms with van der Waals surface area (Å²) in [5.41, 5.74) is 6.07. The first-order valence-electron chi connectivity index (χ1n) is 8.65. The molecule has 0 aliphatic rings. The van der Waals surface area contributed by atoms with E-state index in [-0.39, 0.29) is 27.9 Å². The lowest BCUT2D eigenvalue weighted by Crippen LogP contribution is -2.27. The quantitative estimate of drug-likeness (QED) is 0.624. The van der Waals surface area contributed by atoms with Gasteiger partial charge in [0.05, 0.1) is 18.5 Å². The van der Waals surface area contributed by atoms with Gasteiger partial charge in [-0.1, -0.05) is 17.7 Å². The first kappa shape index (κ1) is 22.8. The molecule has 2 aromatic rings. The molecule has 0 fully saturated rings. The number of carbonyl (C=O) groups excluding carboxylic acids is 1. The number of nitrogens with two attached hydrogens (primary N) is 1. The highest BCUT2D eigenvalue weighted by atomic mass is 35.5. The van der Waals surface area contributed by atoms with Gasteiger partial charge in [-0.3, -0.25) is 10.0 Å². The highest BCUT2D eigenvalue weighted by molar-refractivity contribution is 7.92. The molecular formula is C19H24ClN3O5S. The fourth-order valence-corrected chi connectivity index (χ4v) is 4.02. The van der Waals surface area contributed by atoms with Crippen LogP contribution < -0.4 is 20.5 Å². The first-order valence-corrected chi connectivity index (χ1v) is 10.5. The van der Waals surface area contributed by atoms with Crippen LogP contribution in [0.5, 0.6) is 5.75 Å². The van der Waals surface area contributed by atoms with Crippen LogP contribution in [-0.4, -0.2) is 27.2 Å². The van der Waals surface area contributed by atoms with E-state index in [1.165, 1.54) is 31.4 Å². The van der Waals surface area contributed by atoms with Gasteiger partial charge in [-0.05, 0) is 51.1 Å². The van der Waals surface area contributed by atoms with E-state index in [2.05, 4.69) is 10.0 Å². The summed E-state index contributed by atoms with van der Waals surface area (Å²) in [6, 6.07) is 8.99. The number of hydrogen-bond donors (Lipinski definition) is 3. The number of sulfonamides is 1. The SMILES string of the molecule is COc1ccc(Cl)cc1S(=O)(=O)Nc1cccc(NC(=O)OC(C)(C)C)c1CN. The molecule has 4 N–H and O–H groups in total. The molecule has 0 bridgehead atoms. The Labute approximate surface area is 175 Å². The largest absolute Gasteiger partial charge is 0.495 e. The smallest absolute Gasteiger partial charge is 0.412 e. The molecule has 29 heavy (non-hydrogen) atoms. The Hall–Kier alpha value is -2.49. The highest BCUT2D eigenvalue weighted by Gasteiger charge is 2.23. The van der Waals surface area contributed by atoms with Gasteiger partial charge in [-0.2, -0.15) is 0 Å². The van der Waals surface area contributed by atoms with Crippen LogP contribution in [0.2, 0.25) is 5.02 Å². The maximum absolute atomic E-state index is 12.9. The molecule has 2 aromatic carbocycles. The summed E-state index contributed by atoms with van der Waals surface area (Å²) in [4.78, 5) is 12.0. The van der Waals surface area contributed by atoms with Gasteiger partial charge in [0, 0.05) is 17.1 Å². The zero-order chi connectivity index (χ0) is 21.8. The molecule has 0 atom stereocenters. The average Bonchev–Trinajstić information content (AvgIpc) is 2.60. The van der Waals surface area contributed by atoms with Crippen molar-refractivity contribution in [3.63, 3.8) is 0 Å². The Balaban J connectivity index is 2.39. The number of halogens is 1. The van der Waals surface area contributed by atoms with Crippen molar-refractivity contribution in [3.05, 3.63) is 47.0 Å². The van der Waals surface area contributed by atoms with Gasteiger partial charge in [0.2, 0.25) is 0 Å². The van der Waals surface area contributed by atoms with Crippen molar-refractivity contribution in [1.82, 2.24) is 0 Å². The lowest BCUT2D eigenvalue weighted by atomic mass is 10.1. The van der Waals surface area contributed by atoms with E-state index in [9.17, 15) is 13.2 Å². The summed E-state index contributed by atoms with van der Waals surface area (Å²) in [5, 5.41) is 2.84. The number of anilines is 2. The Morgan fingerprint density at radius 2 is 1.83 bits per heavy atom. The minimum atomic E-state index is -4.04. The summed E-state index contributed by atoms with van der Waals surface area (Å²) >= 11 is 5.95. The van der Waals surface area contributed by atoms with Crippen LogP contribution in [0.25, 0.3) is 0 Å². The number of rotatable bonds is 6. The summed E-state index contributed by atoms with van der Waals surface area (Å²) in [5.74, 6) is 0.138. The van der Waals surface area contributed by atoms with E-state index < -0.39 is 21.7 Å². The molecule has 2 rings (SSSR count). The van der Waals surface area contributed by atoms with Gasteiger partial charge < -0.3 is 15.2 Å². The summed E-state index contributed by atoms with van der Waals surface area (Å²) in [6.45, 7) is 5.18. The van der Waals surface area contributed by atoms with Crippen molar-refractivity contribution >= 4 is 39.1 Å². The summed E-state index contributed by atoms with van der Waals surface area (Å²) in [7, 11) is -2.68. The van der Waals surface area contributed by atoms with Crippen molar-refractivity contribution < 1.29 is 22.7 Å². The van der Waals surface area contributed by atoms with Gasteiger partial charge in [0.1, 0.15) is 16.2 Å². The van der Waals surface area contributed by atoms with Gasteiger partial charge in [-0.25, -0.2) is 13.2 Å². The van der Waals surface area contributed by atoms with Gasteiger partial charge >= 0.3 is 6.09 Å². The van der Waals surface area contributed by atoms with Gasteiger partial charge in [0.15, 0.2) is 0 Å². The molecule has 0 heterocycles. The van der Waals surface area contributed by atoms with E-state index in [1.807, 2.05) is 0 Å². The number of carbonyl (C=O) groups is 1. The fourth-order valence-electron chi connectivity index (χ4n) is 2.49. The van der Waals surface area contributed by atoms with E-state index >= 15 is 0 Å². The summed E-state index contributed by atoms with van der Waals surface area (Å²) < 4.78 is 38.7. The third-order valence-electron chi connectivity index (χ3n) is 3.68. The molecule has 0 spiro atoms. The Bertz CT molecular complexity index is 1000. The minimum absolute atomic E-state index is 0.0312. The number of ether oxygens (including phenoxy) is 2. The number of hydrogen-bond acceptors (Lipinski definition) is 6. The van der Waals surface area contributed by atoms with E-state index in [0.717, 1.165) is 0 Å². The molecule has 1 amide bonds. The van der Waals surface area contributed by atoms with Crippen LogP contribution in [0.4, 0.5) is 16.2 Å². The predicted octanol–water partition coefficient (Wildman–Crippen LogP) is 3.96. The minimum Gasteiger partial charge on any atom is -0.495 e. The van der Waals surface area contributed by atoms with Crippen molar-refractivity contribution in [2.75, 3.05) is 17.1 Å². The molecule has 0 unspecified atom stereocenters. The Morgan fingerprint density at radius 1 is 1.17 bits per heavy atom. The average molecular weight is 442 g/mol. The third-order valence-corrected chi connectivity index (χ3v) is 5.30. The van der Waals surface area contributed by atoms with Crippen molar-refractivity contribution in [1.29, 1.82) is 0 Å². The number of amides is 1. The standard InChI is InChI=1S/C19H24ClN3O5S/c1-19(2,3)28-18(24)22-14-6-5-7-15(13(14)11-21)23-29(25,26)17-10-12(20)8-9-16(17)27-4/h5-10,23H,11,21H2,1-4H3,(H,22,24). The molecule has 10 heteroatoms. The van der Waals surface area contributed by atoms with Crippen LogP contribution in [0.15, 0.2) is 41.3 Å². The number of nitrogens with one attached hydrogen (secondary N) is 2. The Kier molecular flexibility index (Phi) is 6.99. The maximum atomic E-state index is 12.9. The van der Waals surface area contributed by atoms with E-state index in [4.69, 9.17) is 26.8 Å². The first-order chi connectivity index (χ1) is 13.5. The molecule has 8 nitrogen and oxygen atoms in total. The second-order valence-corrected chi connectivity index (χ2v) is 9.15. The van der Waals surface area contributed by atoms with Gasteiger partial charge in [-0.15, -0.1) is 0 Å². The van der Waals surface area contributed by atoms with Crippen molar-refractivity contribution in [2.45, 2.75) is 37.8 Å². The molecule has 0 aromatic heterocycles. The van der Waals surface area contributed by atoms with Crippen LogP contribution >= 0.6 is 11.6 Å². The summed E-state index contributed by atoms with van der Waals surface area (Å²) in [6.07, 6.45) is -0.677. The van der Waals surface area contributed by atoms with Crippen molar-refractivity contribution in [2.24, 2.45) is 5.73 Å². The highest BCUT2D eigenvalue weighted by Crippen LogP contribution is 2.31. The lowest BCUT2D eigenvalue weighted by Gasteiger charge is -2.21. The lowest BCUT2D eigenvalue weighted by molar-refractivity contribution is 0.0636. The molecule has 0 radical (unpaired) electrons. The Morgan fingerprint density at radius 3 is 2.41 bits per heavy atom. The van der Waals surface area contributed by atoms with Gasteiger partial charge in [0.25, 0.3) is 10.0 Å².